The van der Waals surface area contributed by atoms with Gasteiger partial charge < -0.3 is 9.84 Å². The average Bonchev–Trinajstić information content (AvgIpc) is 2.34. The number of aromatic nitrogens is 1. The lowest BCUT2D eigenvalue weighted by molar-refractivity contribution is 0.0876. The molecule has 1 rings (SSSR count). The fourth-order valence-electron chi connectivity index (χ4n) is 1.19. The molecule has 0 unspecified atom stereocenters. The number of likely N-dealkylation sites (N-methyl/N-ethyl adjacent to an activating group) is 1. The van der Waals surface area contributed by atoms with Crippen LogP contribution in [0.4, 0.5) is 4.39 Å². The van der Waals surface area contributed by atoms with Gasteiger partial charge >= 0.3 is 0 Å². The van der Waals surface area contributed by atoms with Gasteiger partial charge in [-0.2, -0.15) is 4.31 Å². The molecule has 1 N–H and O–H groups in total. The summed E-state index contributed by atoms with van der Waals surface area (Å²) in [6, 6.07) is 0.910. The normalized spacial score (nSPS) is 12.0. The van der Waals surface area contributed by atoms with Gasteiger partial charge in [0.15, 0.2) is 0 Å². The zero-order valence-corrected chi connectivity index (χ0v) is 10.7. The van der Waals surface area contributed by atoms with Crippen molar-refractivity contribution in [1.29, 1.82) is 0 Å². The molecule has 0 aliphatic heterocycles. The molecule has 0 aromatic carbocycles. The Morgan fingerprint density at radius 3 is 2.78 bits per heavy atom. The molecule has 8 heteroatoms. The van der Waals surface area contributed by atoms with E-state index in [1.165, 1.54) is 7.05 Å². The first kappa shape index (κ1) is 15.0. The quantitative estimate of drug-likeness (QED) is 0.702. The van der Waals surface area contributed by atoms with Crippen molar-refractivity contribution in [2.75, 3.05) is 33.4 Å². The maximum absolute atomic E-state index is 12.9. The second-order valence-electron chi connectivity index (χ2n) is 3.50. The van der Waals surface area contributed by atoms with Gasteiger partial charge in [-0.3, -0.25) is 4.98 Å². The van der Waals surface area contributed by atoms with Gasteiger partial charge in [0.05, 0.1) is 26.0 Å². The van der Waals surface area contributed by atoms with E-state index in [1.807, 2.05) is 0 Å². The smallest absolute Gasteiger partial charge is 0.244 e. The third kappa shape index (κ3) is 3.98. The van der Waals surface area contributed by atoms with E-state index >= 15 is 0 Å². The first-order valence-electron chi connectivity index (χ1n) is 5.24. The van der Waals surface area contributed by atoms with Crippen LogP contribution in [-0.4, -0.2) is 56.2 Å². The fourth-order valence-corrected chi connectivity index (χ4v) is 2.32. The summed E-state index contributed by atoms with van der Waals surface area (Å²) >= 11 is 0. The number of halogens is 1. The van der Waals surface area contributed by atoms with Crippen molar-refractivity contribution >= 4 is 10.0 Å². The van der Waals surface area contributed by atoms with Crippen LogP contribution in [0.2, 0.25) is 0 Å². The van der Waals surface area contributed by atoms with Crippen molar-refractivity contribution < 1.29 is 22.7 Å². The van der Waals surface area contributed by atoms with E-state index in [2.05, 4.69) is 4.98 Å². The zero-order chi connectivity index (χ0) is 13.6. The van der Waals surface area contributed by atoms with Crippen LogP contribution in [0.5, 0.6) is 0 Å². The Labute approximate surface area is 105 Å². The molecule has 0 fully saturated rings. The molecule has 0 radical (unpaired) electrons. The number of aliphatic hydroxyl groups excluding tert-OH is 1. The molecule has 0 aliphatic rings. The molecule has 0 saturated heterocycles. The second kappa shape index (κ2) is 6.74. The first-order chi connectivity index (χ1) is 8.48. The third-order valence-corrected chi connectivity index (χ3v) is 4.00. The van der Waals surface area contributed by atoms with Crippen LogP contribution >= 0.6 is 0 Å². The van der Waals surface area contributed by atoms with E-state index in [0.717, 1.165) is 22.8 Å². The maximum atomic E-state index is 12.9. The number of nitrogens with zero attached hydrogens (tertiary/aromatic N) is 2. The van der Waals surface area contributed by atoms with Gasteiger partial charge in [-0.1, -0.05) is 0 Å². The molecule has 0 atom stereocenters. The second-order valence-corrected chi connectivity index (χ2v) is 5.55. The SMILES string of the molecule is CN(CCOCCO)S(=O)(=O)c1cncc(F)c1. The molecular formula is C10H15FN2O4S. The van der Waals surface area contributed by atoms with Crippen LogP contribution < -0.4 is 0 Å². The summed E-state index contributed by atoms with van der Waals surface area (Å²) in [7, 11) is -2.40. The Bertz CT molecular complexity index is 481. The molecular weight excluding hydrogens is 263 g/mol. The molecule has 1 heterocycles. The highest BCUT2D eigenvalue weighted by molar-refractivity contribution is 7.89. The van der Waals surface area contributed by atoms with E-state index in [1.54, 1.807) is 0 Å². The van der Waals surface area contributed by atoms with Gasteiger partial charge in [-0.15, -0.1) is 0 Å². The highest BCUT2D eigenvalue weighted by Crippen LogP contribution is 2.13. The monoisotopic (exact) mass is 278 g/mol. The van der Waals surface area contributed by atoms with Gasteiger partial charge in [0.2, 0.25) is 10.0 Å². The van der Waals surface area contributed by atoms with E-state index in [4.69, 9.17) is 9.84 Å². The van der Waals surface area contributed by atoms with Crippen LogP contribution in [0.15, 0.2) is 23.4 Å². The van der Waals surface area contributed by atoms with Crippen molar-refractivity contribution in [1.82, 2.24) is 9.29 Å². The van der Waals surface area contributed by atoms with Crippen molar-refractivity contribution in [2.24, 2.45) is 0 Å². The number of hydrogen-bond acceptors (Lipinski definition) is 5. The number of aliphatic hydroxyl groups is 1. The van der Waals surface area contributed by atoms with E-state index in [-0.39, 0.29) is 31.3 Å². The van der Waals surface area contributed by atoms with E-state index in [9.17, 15) is 12.8 Å². The summed E-state index contributed by atoms with van der Waals surface area (Å²) in [6.07, 6.45) is 2.02. The molecule has 1 aromatic heterocycles. The van der Waals surface area contributed by atoms with Gasteiger partial charge in [-0.05, 0) is 6.07 Å². The third-order valence-electron chi connectivity index (χ3n) is 2.17. The lowest BCUT2D eigenvalue weighted by atomic mass is 10.5. The molecule has 0 amide bonds. The summed E-state index contributed by atoms with van der Waals surface area (Å²) in [5.41, 5.74) is 0. The predicted octanol–water partition coefficient (Wildman–Crippen LogP) is -0.150. The molecule has 0 bridgehead atoms. The Kier molecular flexibility index (Phi) is 5.60. The molecule has 1 aromatic rings. The highest BCUT2D eigenvalue weighted by Gasteiger charge is 2.21. The van der Waals surface area contributed by atoms with Crippen LogP contribution in [-0.2, 0) is 14.8 Å². The number of ether oxygens (including phenoxy) is 1. The fraction of sp³-hybridized carbons (Fsp3) is 0.500. The summed E-state index contributed by atoms with van der Waals surface area (Å²) in [4.78, 5) is 3.30. The Morgan fingerprint density at radius 2 is 2.17 bits per heavy atom. The average molecular weight is 278 g/mol. The summed E-state index contributed by atoms with van der Waals surface area (Å²) in [6.45, 7) is 0.289. The lowest BCUT2D eigenvalue weighted by Gasteiger charge is -2.16. The van der Waals surface area contributed by atoms with Gasteiger partial charge in [0, 0.05) is 19.8 Å². The number of rotatable bonds is 7. The largest absolute Gasteiger partial charge is 0.394 e. The minimum Gasteiger partial charge on any atom is -0.394 e. The minimum absolute atomic E-state index is 0.110. The standard InChI is InChI=1S/C10H15FN2O4S/c1-13(2-4-17-5-3-14)18(15,16)10-6-9(11)7-12-8-10/h6-8,14H,2-5H2,1H3. The van der Waals surface area contributed by atoms with Crippen molar-refractivity contribution in [3.05, 3.63) is 24.3 Å². The van der Waals surface area contributed by atoms with Crippen molar-refractivity contribution in [3.8, 4) is 0 Å². The van der Waals surface area contributed by atoms with Crippen LogP contribution in [0.1, 0.15) is 0 Å². The van der Waals surface area contributed by atoms with Crippen LogP contribution in [0.3, 0.4) is 0 Å². The Hall–Kier alpha value is -1.09. The van der Waals surface area contributed by atoms with E-state index < -0.39 is 15.8 Å². The summed E-state index contributed by atoms with van der Waals surface area (Å²) < 4.78 is 42.8. The molecule has 0 spiro atoms. The molecule has 18 heavy (non-hydrogen) atoms. The number of sulfonamides is 1. The van der Waals surface area contributed by atoms with Gasteiger partial charge in [0.1, 0.15) is 10.7 Å². The molecule has 0 aliphatic carbocycles. The van der Waals surface area contributed by atoms with Gasteiger partial charge in [0.25, 0.3) is 0 Å². The van der Waals surface area contributed by atoms with Crippen molar-refractivity contribution in [2.45, 2.75) is 4.90 Å². The Balaban J connectivity index is 2.68. The maximum Gasteiger partial charge on any atom is 0.244 e. The Morgan fingerprint density at radius 1 is 1.44 bits per heavy atom. The van der Waals surface area contributed by atoms with Crippen LogP contribution in [0.25, 0.3) is 0 Å². The topological polar surface area (TPSA) is 79.7 Å². The van der Waals surface area contributed by atoms with Gasteiger partial charge in [-0.25, -0.2) is 12.8 Å². The molecule has 6 nitrogen and oxygen atoms in total. The minimum atomic E-state index is -3.76. The van der Waals surface area contributed by atoms with E-state index in [0.29, 0.717) is 0 Å². The van der Waals surface area contributed by atoms with Crippen LogP contribution in [0, 0.1) is 5.82 Å². The number of pyridine rings is 1. The molecule has 0 saturated carbocycles. The highest BCUT2D eigenvalue weighted by atomic mass is 32.2. The number of hydrogen-bond donors (Lipinski definition) is 1. The zero-order valence-electron chi connectivity index (χ0n) is 9.91. The van der Waals surface area contributed by atoms with Crippen molar-refractivity contribution in [3.63, 3.8) is 0 Å². The summed E-state index contributed by atoms with van der Waals surface area (Å²) in [5, 5.41) is 8.49. The first-order valence-corrected chi connectivity index (χ1v) is 6.68. The molecule has 102 valence electrons. The predicted molar refractivity (Wildman–Crippen MR) is 61.9 cm³/mol. The lowest BCUT2D eigenvalue weighted by Crippen LogP contribution is -2.30. The summed E-state index contributed by atoms with van der Waals surface area (Å²) in [5.74, 6) is -0.707.